The Morgan fingerprint density at radius 1 is 0.299 bits per heavy atom. The lowest BCUT2D eigenvalue weighted by Crippen LogP contribution is -2.30. The topological polar surface area (TPSA) is 78.9 Å². The number of carbonyl (C=O) groups excluding carboxylic acids is 3. The summed E-state index contributed by atoms with van der Waals surface area (Å²) in [5, 5.41) is 0. The molecule has 0 radical (unpaired) electrons. The molecule has 0 aliphatic rings. The minimum atomic E-state index is -0.794. The average molecular weight is 936 g/mol. The number of hydrogen-bond acceptors (Lipinski definition) is 6. The number of ether oxygens (including phenoxy) is 3. The van der Waals surface area contributed by atoms with Crippen molar-refractivity contribution in [2.75, 3.05) is 13.2 Å². The van der Waals surface area contributed by atoms with Gasteiger partial charge in [0.1, 0.15) is 13.2 Å². The van der Waals surface area contributed by atoms with Crippen LogP contribution in [0.1, 0.15) is 278 Å². The van der Waals surface area contributed by atoms with Gasteiger partial charge in [-0.2, -0.15) is 0 Å². The second-order valence-corrected chi connectivity index (χ2v) is 18.8. The monoisotopic (exact) mass is 935 g/mol. The summed E-state index contributed by atoms with van der Waals surface area (Å²) in [6.45, 7) is 6.55. The summed E-state index contributed by atoms with van der Waals surface area (Å²) in [5.41, 5.74) is 0. The van der Waals surface area contributed by atoms with Gasteiger partial charge in [-0.15, -0.1) is 0 Å². The van der Waals surface area contributed by atoms with Crippen LogP contribution in [0.15, 0.2) is 72.9 Å². The molecule has 6 heteroatoms. The smallest absolute Gasteiger partial charge is 0.306 e. The van der Waals surface area contributed by atoms with Crippen molar-refractivity contribution in [3.63, 3.8) is 0 Å². The molecule has 0 aliphatic carbocycles. The quantitative estimate of drug-likeness (QED) is 0.0262. The van der Waals surface area contributed by atoms with Gasteiger partial charge in [0.15, 0.2) is 6.10 Å². The van der Waals surface area contributed by atoms with E-state index >= 15 is 0 Å². The highest BCUT2D eigenvalue weighted by Crippen LogP contribution is 2.14. The van der Waals surface area contributed by atoms with Gasteiger partial charge in [0.25, 0.3) is 0 Å². The molecule has 386 valence electrons. The molecule has 0 amide bonds. The first kappa shape index (κ1) is 63.8. The Hall–Kier alpha value is -3.15. The maximum atomic E-state index is 12.8. The van der Waals surface area contributed by atoms with Gasteiger partial charge in [-0.25, -0.2) is 0 Å². The molecule has 0 fully saturated rings. The van der Waals surface area contributed by atoms with Crippen molar-refractivity contribution in [3.05, 3.63) is 72.9 Å². The first-order valence-corrected chi connectivity index (χ1v) is 28.4. The molecule has 0 bridgehead atoms. The molecular weight excluding hydrogens is 829 g/mol. The summed E-state index contributed by atoms with van der Waals surface area (Å²) >= 11 is 0. The van der Waals surface area contributed by atoms with Crippen LogP contribution in [-0.4, -0.2) is 37.2 Å². The van der Waals surface area contributed by atoms with Crippen molar-refractivity contribution in [3.8, 4) is 0 Å². The largest absolute Gasteiger partial charge is 0.462 e. The van der Waals surface area contributed by atoms with Crippen LogP contribution in [0.3, 0.4) is 0 Å². The number of rotatable bonds is 51. The molecule has 0 rings (SSSR count). The Kier molecular flexibility index (Phi) is 52.8. The standard InChI is InChI=1S/C61H106O6/c1-4-7-10-13-16-19-22-24-26-28-30-32-34-36-39-42-45-48-51-54-60(63)66-57-58(56-65-59(62)53-50-47-44-41-38-21-18-15-12-9-6-3)67-61(64)55-52-49-46-43-40-37-35-33-31-29-27-25-23-20-17-14-11-8-5-2/h15-16,18-19,24,26,29-32,36,39,58H,4-14,17,20-23,25,27-28,33-35,37-38,40-57H2,1-3H3/b18-15-,19-16-,26-24-,31-29-,32-30-,39-36-/t58-/m1/s1. The highest BCUT2D eigenvalue weighted by Gasteiger charge is 2.19. The normalized spacial score (nSPS) is 12.6. The predicted octanol–water partition coefficient (Wildman–Crippen LogP) is 19.0. The molecule has 67 heavy (non-hydrogen) atoms. The number of unbranched alkanes of at least 4 members (excludes halogenated alkanes) is 28. The third kappa shape index (κ3) is 53.7. The molecule has 0 aromatic carbocycles. The number of carbonyl (C=O) groups is 3. The van der Waals surface area contributed by atoms with E-state index in [0.29, 0.717) is 19.3 Å². The van der Waals surface area contributed by atoms with Gasteiger partial charge < -0.3 is 14.2 Å². The number of allylic oxidation sites excluding steroid dienone is 12. The zero-order valence-corrected chi connectivity index (χ0v) is 44.2. The van der Waals surface area contributed by atoms with Crippen molar-refractivity contribution in [2.24, 2.45) is 0 Å². The first-order chi connectivity index (χ1) is 33.0. The van der Waals surface area contributed by atoms with Crippen molar-refractivity contribution >= 4 is 17.9 Å². The molecule has 0 N–H and O–H groups in total. The van der Waals surface area contributed by atoms with E-state index in [1.165, 1.54) is 148 Å². The van der Waals surface area contributed by atoms with Gasteiger partial charge in [0.05, 0.1) is 0 Å². The van der Waals surface area contributed by atoms with E-state index in [1.54, 1.807) is 0 Å². The van der Waals surface area contributed by atoms with E-state index in [-0.39, 0.29) is 31.1 Å². The van der Waals surface area contributed by atoms with Crippen molar-refractivity contribution in [2.45, 2.75) is 284 Å². The summed E-state index contributed by atoms with van der Waals surface area (Å²) in [6.07, 6.45) is 70.3. The number of hydrogen-bond donors (Lipinski definition) is 0. The lowest BCUT2D eigenvalue weighted by atomic mass is 10.1. The molecule has 0 aromatic rings. The Balaban J connectivity index is 4.40. The molecule has 0 unspecified atom stereocenters. The Morgan fingerprint density at radius 3 is 0.940 bits per heavy atom. The number of esters is 3. The van der Waals surface area contributed by atoms with Crippen LogP contribution in [-0.2, 0) is 28.6 Å². The van der Waals surface area contributed by atoms with Crippen LogP contribution < -0.4 is 0 Å². The third-order valence-electron chi connectivity index (χ3n) is 12.2. The zero-order chi connectivity index (χ0) is 48.6. The SMILES string of the molecule is CCCC/C=C\CCCCCCCC(=O)OC[C@H](COC(=O)CCCCC/C=C\C/C=C\C/C=C\C/C=C\CCCCC)OC(=O)CCCCCCCCC/C=C\CCCCCCCCCC. The molecule has 1 atom stereocenters. The molecule has 0 aromatic heterocycles. The van der Waals surface area contributed by atoms with Gasteiger partial charge >= 0.3 is 17.9 Å². The molecule has 0 aliphatic heterocycles. The van der Waals surface area contributed by atoms with E-state index in [9.17, 15) is 14.4 Å². The molecular formula is C61H106O6. The Labute approximate surface area is 414 Å². The zero-order valence-electron chi connectivity index (χ0n) is 44.2. The molecule has 0 saturated carbocycles. The van der Waals surface area contributed by atoms with Crippen LogP contribution in [0, 0.1) is 0 Å². The average Bonchev–Trinajstić information content (AvgIpc) is 3.33. The molecule has 0 saturated heterocycles. The second-order valence-electron chi connectivity index (χ2n) is 18.8. The first-order valence-electron chi connectivity index (χ1n) is 28.4. The van der Waals surface area contributed by atoms with Crippen LogP contribution in [0.2, 0.25) is 0 Å². The summed E-state index contributed by atoms with van der Waals surface area (Å²) in [5.74, 6) is -0.931. The predicted molar refractivity (Wildman–Crippen MR) is 288 cm³/mol. The molecule has 6 nitrogen and oxygen atoms in total. The minimum Gasteiger partial charge on any atom is -0.462 e. The fraction of sp³-hybridized carbons (Fsp3) is 0.754. The lowest BCUT2D eigenvalue weighted by Gasteiger charge is -2.18. The third-order valence-corrected chi connectivity index (χ3v) is 12.2. The van der Waals surface area contributed by atoms with Crippen molar-refractivity contribution in [1.29, 1.82) is 0 Å². The van der Waals surface area contributed by atoms with Gasteiger partial charge in [-0.05, 0) is 109 Å². The van der Waals surface area contributed by atoms with Crippen LogP contribution in [0.4, 0.5) is 0 Å². The van der Waals surface area contributed by atoms with Gasteiger partial charge in [0.2, 0.25) is 0 Å². The van der Waals surface area contributed by atoms with E-state index in [4.69, 9.17) is 14.2 Å². The molecule has 0 heterocycles. The minimum absolute atomic E-state index is 0.0916. The van der Waals surface area contributed by atoms with Gasteiger partial charge in [-0.1, -0.05) is 222 Å². The van der Waals surface area contributed by atoms with E-state index in [1.807, 2.05) is 0 Å². The van der Waals surface area contributed by atoms with E-state index in [0.717, 1.165) is 89.9 Å². The highest BCUT2D eigenvalue weighted by atomic mass is 16.6. The summed E-state index contributed by atoms with van der Waals surface area (Å²) < 4.78 is 16.8. The van der Waals surface area contributed by atoms with E-state index in [2.05, 4.69) is 93.7 Å². The van der Waals surface area contributed by atoms with Crippen LogP contribution in [0.25, 0.3) is 0 Å². The maximum absolute atomic E-state index is 12.8. The highest BCUT2D eigenvalue weighted by molar-refractivity contribution is 5.71. The molecule has 0 spiro atoms. The summed E-state index contributed by atoms with van der Waals surface area (Å²) in [7, 11) is 0. The van der Waals surface area contributed by atoms with E-state index < -0.39 is 6.10 Å². The fourth-order valence-electron chi connectivity index (χ4n) is 7.81. The van der Waals surface area contributed by atoms with Crippen LogP contribution >= 0.6 is 0 Å². The Morgan fingerprint density at radius 2 is 0.552 bits per heavy atom. The van der Waals surface area contributed by atoms with Crippen molar-refractivity contribution < 1.29 is 28.6 Å². The maximum Gasteiger partial charge on any atom is 0.306 e. The van der Waals surface area contributed by atoms with Crippen molar-refractivity contribution in [1.82, 2.24) is 0 Å². The van der Waals surface area contributed by atoms with Gasteiger partial charge in [0, 0.05) is 19.3 Å². The summed E-state index contributed by atoms with van der Waals surface area (Å²) in [4.78, 5) is 38.1. The van der Waals surface area contributed by atoms with Gasteiger partial charge in [-0.3, -0.25) is 14.4 Å². The lowest BCUT2D eigenvalue weighted by molar-refractivity contribution is -0.167. The Bertz CT molecular complexity index is 1260. The fourth-order valence-corrected chi connectivity index (χ4v) is 7.81. The second kappa shape index (κ2) is 55.4. The summed E-state index contributed by atoms with van der Waals surface area (Å²) in [6, 6.07) is 0. The van der Waals surface area contributed by atoms with Crippen LogP contribution in [0.5, 0.6) is 0 Å².